The van der Waals surface area contributed by atoms with Gasteiger partial charge in [0, 0.05) is 30.7 Å². The molecule has 0 N–H and O–H groups in total. The predicted molar refractivity (Wildman–Crippen MR) is 64.3 cm³/mol. The second kappa shape index (κ2) is 5.34. The van der Waals surface area contributed by atoms with Crippen molar-refractivity contribution in [1.82, 2.24) is 9.97 Å². The Morgan fingerprint density at radius 1 is 1.56 bits per heavy atom. The molecule has 0 radical (unpaired) electrons. The molecule has 0 saturated carbocycles. The summed E-state index contributed by atoms with van der Waals surface area (Å²) in [6.45, 7) is 0.977. The Morgan fingerprint density at radius 2 is 2.44 bits per heavy atom. The van der Waals surface area contributed by atoms with E-state index in [1.807, 2.05) is 0 Å². The highest BCUT2D eigenvalue weighted by Crippen LogP contribution is 2.23. The summed E-state index contributed by atoms with van der Waals surface area (Å²) < 4.78 is 5.10. The highest BCUT2D eigenvalue weighted by atomic mass is 35.5. The minimum absolute atomic E-state index is 0.350. The number of ether oxygens (including phenoxy) is 1. The first kappa shape index (κ1) is 11.5. The minimum Gasteiger partial charge on any atom is -0.481 e. The highest BCUT2D eigenvalue weighted by molar-refractivity contribution is 6.18. The molecule has 1 aromatic rings. The summed E-state index contributed by atoms with van der Waals surface area (Å²) in [5.41, 5.74) is 0. The van der Waals surface area contributed by atoms with Crippen LogP contribution in [-0.4, -0.2) is 35.5 Å². The Hall–Kier alpha value is -1.03. The van der Waals surface area contributed by atoms with Gasteiger partial charge in [0.25, 0.3) is 0 Å². The van der Waals surface area contributed by atoms with Gasteiger partial charge in [-0.2, -0.15) is 4.98 Å². The molecule has 1 unspecified atom stereocenters. The molecule has 16 heavy (non-hydrogen) atoms. The number of nitrogens with zero attached hydrogens (tertiary/aromatic N) is 3. The number of hydrogen-bond donors (Lipinski definition) is 0. The molecule has 0 aromatic carbocycles. The fraction of sp³-hybridized carbons (Fsp3) is 0.636. The molecule has 2 rings (SSSR count). The van der Waals surface area contributed by atoms with Gasteiger partial charge in [0.2, 0.25) is 11.8 Å². The SMILES string of the molecule is COc1ccnc(N2CCCCC2CCl)n1. The lowest BCUT2D eigenvalue weighted by Crippen LogP contribution is -2.41. The first-order valence-corrected chi connectivity index (χ1v) is 6.08. The Labute approximate surface area is 101 Å². The third-order valence-corrected chi connectivity index (χ3v) is 3.24. The van der Waals surface area contributed by atoms with Gasteiger partial charge in [-0.3, -0.25) is 0 Å². The fourth-order valence-electron chi connectivity index (χ4n) is 2.01. The third-order valence-electron chi connectivity index (χ3n) is 2.89. The Balaban J connectivity index is 2.20. The first-order chi connectivity index (χ1) is 7.85. The second-order valence-electron chi connectivity index (χ2n) is 3.90. The summed E-state index contributed by atoms with van der Waals surface area (Å²) in [4.78, 5) is 10.8. The number of methoxy groups -OCH3 is 1. The summed E-state index contributed by atoms with van der Waals surface area (Å²) in [7, 11) is 1.61. The average Bonchev–Trinajstić information content (AvgIpc) is 2.38. The molecule has 0 amide bonds. The second-order valence-corrected chi connectivity index (χ2v) is 4.20. The van der Waals surface area contributed by atoms with Gasteiger partial charge >= 0.3 is 0 Å². The molecule has 2 heterocycles. The molecule has 1 atom stereocenters. The van der Waals surface area contributed by atoms with Gasteiger partial charge in [-0.05, 0) is 19.3 Å². The van der Waals surface area contributed by atoms with E-state index in [1.54, 1.807) is 19.4 Å². The standard InChI is InChI=1S/C11H16ClN3O/c1-16-10-5-6-13-11(14-10)15-7-3-2-4-9(15)8-12/h5-6,9H,2-4,7-8H2,1H3. The molecular formula is C11H16ClN3O. The van der Waals surface area contributed by atoms with Crippen LogP contribution in [0, 0.1) is 0 Å². The molecule has 0 spiro atoms. The van der Waals surface area contributed by atoms with Crippen LogP contribution >= 0.6 is 11.6 Å². The van der Waals surface area contributed by atoms with Gasteiger partial charge in [0.05, 0.1) is 7.11 Å². The van der Waals surface area contributed by atoms with Crippen LogP contribution in [0.3, 0.4) is 0 Å². The van der Waals surface area contributed by atoms with E-state index in [0.29, 0.717) is 17.8 Å². The van der Waals surface area contributed by atoms with E-state index >= 15 is 0 Å². The summed E-state index contributed by atoms with van der Waals surface area (Å²) >= 11 is 5.97. The van der Waals surface area contributed by atoms with Crippen LogP contribution < -0.4 is 9.64 Å². The molecule has 1 fully saturated rings. The van der Waals surface area contributed by atoms with Crippen LogP contribution in [0.1, 0.15) is 19.3 Å². The molecule has 5 heteroatoms. The number of piperidine rings is 1. The Morgan fingerprint density at radius 3 is 3.19 bits per heavy atom. The van der Waals surface area contributed by atoms with Crippen molar-refractivity contribution in [2.24, 2.45) is 0 Å². The molecule has 4 nitrogen and oxygen atoms in total. The van der Waals surface area contributed by atoms with Gasteiger partial charge in [0.15, 0.2) is 0 Å². The van der Waals surface area contributed by atoms with Gasteiger partial charge in [-0.15, -0.1) is 11.6 Å². The average molecular weight is 242 g/mol. The molecular weight excluding hydrogens is 226 g/mol. The molecule has 88 valence electrons. The Bertz CT molecular complexity index is 348. The van der Waals surface area contributed by atoms with Crippen molar-refractivity contribution in [3.63, 3.8) is 0 Å². The zero-order valence-corrected chi connectivity index (χ0v) is 10.2. The predicted octanol–water partition coefficient (Wildman–Crippen LogP) is 2.08. The van der Waals surface area contributed by atoms with Crippen molar-refractivity contribution in [3.8, 4) is 5.88 Å². The zero-order chi connectivity index (χ0) is 11.4. The summed E-state index contributed by atoms with van der Waals surface area (Å²) in [5.74, 6) is 1.95. The monoisotopic (exact) mass is 241 g/mol. The van der Waals surface area contributed by atoms with Gasteiger partial charge in [-0.1, -0.05) is 0 Å². The number of anilines is 1. The molecule has 1 saturated heterocycles. The lowest BCUT2D eigenvalue weighted by Gasteiger charge is -2.34. The summed E-state index contributed by atoms with van der Waals surface area (Å²) in [6.07, 6.45) is 5.25. The third kappa shape index (κ3) is 2.38. The minimum atomic E-state index is 0.350. The van der Waals surface area contributed by atoms with E-state index in [1.165, 1.54) is 12.8 Å². The fourth-order valence-corrected chi connectivity index (χ4v) is 2.33. The highest BCUT2D eigenvalue weighted by Gasteiger charge is 2.23. The van der Waals surface area contributed by atoms with Crippen LogP contribution in [0.5, 0.6) is 5.88 Å². The summed E-state index contributed by atoms with van der Waals surface area (Å²) in [6, 6.07) is 2.10. The molecule has 1 aromatic heterocycles. The number of halogens is 1. The van der Waals surface area contributed by atoms with Gasteiger partial charge < -0.3 is 9.64 Å². The van der Waals surface area contributed by atoms with Crippen molar-refractivity contribution in [2.45, 2.75) is 25.3 Å². The summed E-state index contributed by atoms with van der Waals surface area (Å²) in [5, 5.41) is 0. The number of alkyl halides is 1. The zero-order valence-electron chi connectivity index (χ0n) is 9.40. The lowest BCUT2D eigenvalue weighted by molar-refractivity contribution is 0.394. The van der Waals surface area contributed by atoms with Crippen LogP contribution in [0.15, 0.2) is 12.3 Å². The van der Waals surface area contributed by atoms with E-state index in [-0.39, 0.29) is 0 Å². The van der Waals surface area contributed by atoms with Crippen LogP contribution in [0.2, 0.25) is 0 Å². The van der Waals surface area contributed by atoms with Crippen LogP contribution in [0.25, 0.3) is 0 Å². The maximum atomic E-state index is 5.97. The maximum Gasteiger partial charge on any atom is 0.228 e. The van der Waals surface area contributed by atoms with Gasteiger partial charge in [-0.25, -0.2) is 4.98 Å². The molecule has 0 bridgehead atoms. The van der Waals surface area contributed by atoms with E-state index in [9.17, 15) is 0 Å². The van der Waals surface area contributed by atoms with Crippen LogP contribution in [0.4, 0.5) is 5.95 Å². The Kier molecular flexibility index (Phi) is 3.83. The van der Waals surface area contributed by atoms with Gasteiger partial charge in [0.1, 0.15) is 0 Å². The smallest absolute Gasteiger partial charge is 0.228 e. The van der Waals surface area contributed by atoms with Crippen LogP contribution in [-0.2, 0) is 0 Å². The van der Waals surface area contributed by atoms with E-state index in [4.69, 9.17) is 16.3 Å². The first-order valence-electron chi connectivity index (χ1n) is 5.55. The number of hydrogen-bond acceptors (Lipinski definition) is 4. The van der Waals surface area contributed by atoms with E-state index in [2.05, 4.69) is 14.9 Å². The van der Waals surface area contributed by atoms with Crippen molar-refractivity contribution in [2.75, 3.05) is 24.4 Å². The van der Waals surface area contributed by atoms with Crippen molar-refractivity contribution < 1.29 is 4.74 Å². The quantitative estimate of drug-likeness (QED) is 0.760. The lowest BCUT2D eigenvalue weighted by atomic mass is 10.0. The number of aromatic nitrogens is 2. The molecule has 0 aliphatic carbocycles. The molecule has 1 aliphatic heterocycles. The van der Waals surface area contributed by atoms with E-state index < -0.39 is 0 Å². The molecule has 1 aliphatic rings. The van der Waals surface area contributed by atoms with Crippen molar-refractivity contribution in [1.29, 1.82) is 0 Å². The topological polar surface area (TPSA) is 38.2 Å². The maximum absolute atomic E-state index is 5.97. The number of rotatable bonds is 3. The van der Waals surface area contributed by atoms with Crippen molar-refractivity contribution >= 4 is 17.5 Å². The largest absolute Gasteiger partial charge is 0.481 e. The normalized spacial score (nSPS) is 20.9. The van der Waals surface area contributed by atoms with E-state index in [0.717, 1.165) is 18.9 Å². The van der Waals surface area contributed by atoms with Crippen molar-refractivity contribution in [3.05, 3.63) is 12.3 Å².